The van der Waals surface area contributed by atoms with Crippen molar-refractivity contribution in [2.75, 3.05) is 0 Å². The fraction of sp³-hybridized carbons (Fsp3) is 0.0196. The summed E-state index contributed by atoms with van der Waals surface area (Å²) in [5.41, 5.74) is 13.5. The molecule has 0 amide bonds. The smallest absolute Gasteiger partial charge is 0.168 e. The van der Waals surface area contributed by atoms with Gasteiger partial charge in [0.15, 0.2) is 11.6 Å². The Kier molecular flexibility index (Phi) is 7.04. The van der Waals surface area contributed by atoms with Crippen molar-refractivity contribution in [2.24, 2.45) is 0 Å². The van der Waals surface area contributed by atoms with Crippen molar-refractivity contribution in [3.05, 3.63) is 229 Å². The van der Waals surface area contributed by atoms with E-state index in [1.807, 2.05) is 0 Å². The first-order chi connectivity index (χ1) is 27.3. The van der Waals surface area contributed by atoms with Crippen LogP contribution in [0.5, 0.6) is 0 Å². The van der Waals surface area contributed by atoms with Gasteiger partial charge in [-0.25, -0.2) is 0 Å². The number of nitrogens with zero attached hydrogens (tertiary/aromatic N) is 4. The normalized spacial score (nSPS) is 12.9. The van der Waals surface area contributed by atoms with Gasteiger partial charge in [0.05, 0.1) is 16.4 Å². The maximum absolute atomic E-state index is 4.97. The molecule has 0 saturated carbocycles. The molecule has 258 valence electrons. The molecule has 0 bridgehead atoms. The highest BCUT2D eigenvalue weighted by Gasteiger charge is 2.46. The average molecular weight is 703 g/mol. The van der Waals surface area contributed by atoms with Crippen molar-refractivity contribution in [3.63, 3.8) is 0 Å². The third-order valence-electron chi connectivity index (χ3n) is 11.4. The van der Waals surface area contributed by atoms with E-state index in [1.54, 1.807) is 0 Å². The minimum absolute atomic E-state index is 0.506. The van der Waals surface area contributed by atoms with Crippen LogP contribution in [0.4, 0.5) is 0 Å². The molecule has 0 saturated heterocycles. The second-order valence-electron chi connectivity index (χ2n) is 14.2. The topological polar surface area (TPSA) is 35.6 Å². The lowest BCUT2D eigenvalue weighted by Crippen LogP contribution is -2.28. The first kappa shape index (κ1) is 31.2. The van der Waals surface area contributed by atoms with Crippen LogP contribution in [0.15, 0.2) is 206 Å². The largest absolute Gasteiger partial charge is 0.309 e. The molecule has 1 aliphatic carbocycles. The lowest BCUT2D eigenvalue weighted by atomic mass is 9.67. The Morgan fingerprint density at radius 2 is 0.818 bits per heavy atom. The molecule has 0 N–H and O–H groups in total. The van der Waals surface area contributed by atoms with Crippen LogP contribution in [0.2, 0.25) is 0 Å². The lowest BCUT2D eigenvalue weighted by molar-refractivity contribution is 0.768. The number of para-hydroxylation sites is 3. The number of aromatic nitrogens is 4. The molecule has 4 nitrogen and oxygen atoms in total. The predicted molar refractivity (Wildman–Crippen MR) is 224 cm³/mol. The second kappa shape index (κ2) is 12.4. The molecule has 2 heterocycles. The molecule has 10 aromatic rings. The van der Waals surface area contributed by atoms with Crippen LogP contribution in [0.1, 0.15) is 22.3 Å². The number of hydrogen-bond donors (Lipinski definition) is 0. The first-order valence-corrected chi connectivity index (χ1v) is 18.8. The maximum atomic E-state index is 4.97. The van der Waals surface area contributed by atoms with Crippen LogP contribution in [0, 0.1) is 0 Å². The molecule has 55 heavy (non-hydrogen) atoms. The summed E-state index contributed by atoms with van der Waals surface area (Å²) in [7, 11) is 0. The second-order valence-corrected chi connectivity index (χ2v) is 14.2. The van der Waals surface area contributed by atoms with Crippen molar-refractivity contribution < 1.29 is 0 Å². The standard InChI is InChI=1S/C51H34N4/c1-4-16-37(17-5-1)51(38-18-6-2-7-19-38)45-25-13-10-22-41(45)42-33-30-36(34-46(42)51)50-53-52-49(55(50)39-20-8-3-9-21-39)35-28-31-40(32-29-35)54-47-26-14-11-23-43(47)44-24-12-15-27-48(44)54/h1-34H. The SMILES string of the molecule is c1ccc(-n2c(-c3ccc(-n4c5ccccc5c5ccccc54)cc3)nnc2-c2ccc3c(c2)C(c2ccccc2)(c2ccccc2)c2ccccc2-3)cc1. The number of fused-ring (bicyclic) bond motifs is 6. The van der Waals surface area contributed by atoms with Crippen LogP contribution in [0.3, 0.4) is 0 Å². The molecule has 0 fully saturated rings. The van der Waals surface area contributed by atoms with Crippen molar-refractivity contribution in [1.82, 2.24) is 19.3 Å². The molecule has 0 radical (unpaired) electrons. The van der Waals surface area contributed by atoms with Gasteiger partial charge in [-0.05, 0) is 88.0 Å². The van der Waals surface area contributed by atoms with E-state index in [4.69, 9.17) is 10.2 Å². The Balaban J connectivity index is 1.10. The molecule has 11 rings (SSSR count). The summed E-state index contributed by atoms with van der Waals surface area (Å²) in [6.07, 6.45) is 0. The molecule has 4 heteroatoms. The quantitative estimate of drug-likeness (QED) is 0.173. The molecule has 0 unspecified atom stereocenters. The van der Waals surface area contributed by atoms with Gasteiger partial charge in [-0.1, -0.05) is 152 Å². The Morgan fingerprint density at radius 1 is 0.345 bits per heavy atom. The Bertz CT molecular complexity index is 2920. The zero-order chi connectivity index (χ0) is 36.3. The number of rotatable bonds is 6. The lowest BCUT2D eigenvalue weighted by Gasteiger charge is -2.34. The van der Waals surface area contributed by atoms with E-state index in [1.165, 1.54) is 55.2 Å². The fourth-order valence-corrected chi connectivity index (χ4v) is 9.02. The summed E-state index contributed by atoms with van der Waals surface area (Å²) in [5, 5.41) is 12.4. The number of hydrogen-bond acceptors (Lipinski definition) is 2. The van der Waals surface area contributed by atoms with Gasteiger partial charge in [0.2, 0.25) is 0 Å². The summed E-state index contributed by atoms with van der Waals surface area (Å²) in [4.78, 5) is 0. The maximum Gasteiger partial charge on any atom is 0.168 e. The Hall–Kier alpha value is -7.30. The highest BCUT2D eigenvalue weighted by molar-refractivity contribution is 6.09. The average Bonchev–Trinajstić information content (AvgIpc) is 3.94. The van der Waals surface area contributed by atoms with Gasteiger partial charge in [-0.3, -0.25) is 4.57 Å². The minimum Gasteiger partial charge on any atom is -0.309 e. The van der Waals surface area contributed by atoms with Crippen molar-refractivity contribution >= 4 is 21.8 Å². The van der Waals surface area contributed by atoms with Gasteiger partial charge in [0.25, 0.3) is 0 Å². The van der Waals surface area contributed by atoms with Gasteiger partial charge in [-0.15, -0.1) is 10.2 Å². The summed E-state index contributed by atoms with van der Waals surface area (Å²) >= 11 is 0. The minimum atomic E-state index is -0.506. The Morgan fingerprint density at radius 3 is 1.45 bits per heavy atom. The van der Waals surface area contributed by atoms with E-state index >= 15 is 0 Å². The van der Waals surface area contributed by atoms with Crippen molar-refractivity contribution in [3.8, 4) is 45.3 Å². The molecule has 2 aromatic heterocycles. The molecular formula is C51H34N4. The van der Waals surface area contributed by atoms with E-state index in [2.05, 4.69) is 215 Å². The van der Waals surface area contributed by atoms with Gasteiger partial charge >= 0.3 is 0 Å². The molecule has 1 aliphatic rings. The number of benzene rings is 8. The van der Waals surface area contributed by atoms with Gasteiger partial charge in [-0.2, -0.15) is 0 Å². The highest BCUT2D eigenvalue weighted by Crippen LogP contribution is 2.56. The third-order valence-corrected chi connectivity index (χ3v) is 11.4. The van der Waals surface area contributed by atoms with E-state index in [-0.39, 0.29) is 0 Å². The van der Waals surface area contributed by atoms with Crippen molar-refractivity contribution in [1.29, 1.82) is 0 Å². The summed E-state index contributed by atoms with van der Waals surface area (Å²) in [6, 6.07) is 74.0. The van der Waals surface area contributed by atoms with Crippen LogP contribution in [-0.2, 0) is 5.41 Å². The fourth-order valence-electron chi connectivity index (χ4n) is 9.02. The molecule has 8 aromatic carbocycles. The predicted octanol–water partition coefficient (Wildman–Crippen LogP) is 12.1. The van der Waals surface area contributed by atoms with E-state index < -0.39 is 5.41 Å². The summed E-state index contributed by atoms with van der Waals surface area (Å²) in [6.45, 7) is 0. The van der Waals surface area contributed by atoms with Gasteiger partial charge < -0.3 is 4.57 Å². The third kappa shape index (κ3) is 4.65. The van der Waals surface area contributed by atoms with E-state index in [0.29, 0.717) is 0 Å². The molecule has 0 aliphatic heterocycles. The highest BCUT2D eigenvalue weighted by atomic mass is 15.3. The van der Waals surface area contributed by atoms with E-state index in [9.17, 15) is 0 Å². The Labute approximate surface area is 319 Å². The first-order valence-electron chi connectivity index (χ1n) is 18.8. The summed E-state index contributed by atoms with van der Waals surface area (Å²) in [5.74, 6) is 1.58. The molecule has 0 spiro atoms. The zero-order valence-electron chi connectivity index (χ0n) is 29.9. The van der Waals surface area contributed by atoms with Crippen LogP contribution >= 0.6 is 0 Å². The van der Waals surface area contributed by atoms with Crippen molar-refractivity contribution in [2.45, 2.75) is 5.41 Å². The van der Waals surface area contributed by atoms with Crippen LogP contribution < -0.4 is 0 Å². The summed E-state index contributed by atoms with van der Waals surface area (Å²) < 4.78 is 4.54. The van der Waals surface area contributed by atoms with E-state index in [0.717, 1.165) is 34.2 Å². The van der Waals surface area contributed by atoms with Crippen LogP contribution in [0.25, 0.3) is 67.1 Å². The van der Waals surface area contributed by atoms with Crippen LogP contribution in [-0.4, -0.2) is 19.3 Å². The van der Waals surface area contributed by atoms with Gasteiger partial charge in [0.1, 0.15) is 0 Å². The molecular weight excluding hydrogens is 669 g/mol. The monoisotopic (exact) mass is 702 g/mol. The zero-order valence-corrected chi connectivity index (χ0v) is 29.9. The molecule has 0 atom stereocenters. The van der Waals surface area contributed by atoms with Gasteiger partial charge in [0, 0.05) is 33.3 Å².